The molecule has 1 aromatic heterocycles. The number of ether oxygens (including phenoxy) is 1. The van der Waals surface area contributed by atoms with E-state index in [1.165, 1.54) is 11.8 Å². The summed E-state index contributed by atoms with van der Waals surface area (Å²) in [5.41, 5.74) is 0.210. The lowest BCUT2D eigenvalue weighted by molar-refractivity contribution is -0.143. The van der Waals surface area contributed by atoms with E-state index in [-0.39, 0.29) is 30.7 Å². The molecule has 0 aliphatic rings. The third-order valence-corrected chi connectivity index (χ3v) is 3.17. The maximum atomic E-state index is 12.3. The number of aromatic nitrogens is 1. The van der Waals surface area contributed by atoms with Crippen LogP contribution in [0.25, 0.3) is 0 Å². The van der Waals surface area contributed by atoms with Crippen molar-refractivity contribution in [3.8, 4) is 0 Å². The topological polar surface area (TPSA) is 88.6 Å². The molecule has 0 saturated heterocycles. The fraction of sp³-hybridized carbons (Fsp3) is 0.538. The fourth-order valence-electron chi connectivity index (χ4n) is 1.63. The van der Waals surface area contributed by atoms with Gasteiger partial charge in [-0.15, -0.1) is 11.3 Å². The van der Waals surface area contributed by atoms with Gasteiger partial charge in [0.25, 0.3) is 5.91 Å². The lowest BCUT2D eigenvalue weighted by Gasteiger charge is -2.19. The summed E-state index contributed by atoms with van der Waals surface area (Å²) in [6, 6.07) is 0. The van der Waals surface area contributed by atoms with E-state index in [1.807, 2.05) is 6.92 Å². The van der Waals surface area contributed by atoms with Crippen LogP contribution >= 0.6 is 11.3 Å². The first-order chi connectivity index (χ1) is 9.97. The van der Waals surface area contributed by atoms with Crippen molar-refractivity contribution in [3.05, 3.63) is 11.1 Å². The van der Waals surface area contributed by atoms with E-state index in [0.29, 0.717) is 18.1 Å². The number of esters is 1. The molecule has 2 amide bonds. The van der Waals surface area contributed by atoms with Gasteiger partial charge in [-0.05, 0) is 13.3 Å². The van der Waals surface area contributed by atoms with Crippen molar-refractivity contribution in [3.63, 3.8) is 0 Å². The third-order valence-electron chi connectivity index (χ3n) is 2.41. The first-order valence-corrected chi connectivity index (χ1v) is 7.53. The van der Waals surface area contributed by atoms with Crippen LogP contribution < -0.4 is 5.32 Å². The van der Waals surface area contributed by atoms with E-state index in [1.54, 1.807) is 12.3 Å². The van der Waals surface area contributed by atoms with Gasteiger partial charge in [0.05, 0.1) is 6.61 Å². The van der Waals surface area contributed by atoms with Crippen LogP contribution in [0.1, 0.15) is 37.7 Å². The summed E-state index contributed by atoms with van der Waals surface area (Å²) in [6.07, 6.45) is 0.716. The Morgan fingerprint density at radius 2 is 2.10 bits per heavy atom. The fourth-order valence-corrected chi connectivity index (χ4v) is 2.36. The zero-order valence-corrected chi connectivity index (χ0v) is 13.2. The summed E-state index contributed by atoms with van der Waals surface area (Å²) in [7, 11) is 0. The van der Waals surface area contributed by atoms with Crippen LogP contribution in [0.4, 0.5) is 5.13 Å². The van der Waals surface area contributed by atoms with Crippen LogP contribution in [0.15, 0.2) is 5.38 Å². The van der Waals surface area contributed by atoms with Crippen molar-refractivity contribution in [1.82, 2.24) is 9.88 Å². The number of nitrogens with one attached hydrogen (secondary N) is 1. The molecule has 0 radical (unpaired) electrons. The number of carbonyl (C=O) groups is 3. The maximum absolute atomic E-state index is 12.3. The molecule has 0 atom stereocenters. The number of thiazole rings is 1. The largest absolute Gasteiger partial charge is 0.465 e. The Morgan fingerprint density at radius 3 is 2.67 bits per heavy atom. The summed E-state index contributed by atoms with van der Waals surface area (Å²) in [4.78, 5) is 40.2. The van der Waals surface area contributed by atoms with Gasteiger partial charge in [0.1, 0.15) is 12.2 Å². The first kappa shape index (κ1) is 17.1. The highest BCUT2D eigenvalue weighted by Crippen LogP contribution is 2.17. The second-order valence-corrected chi connectivity index (χ2v) is 5.11. The summed E-state index contributed by atoms with van der Waals surface area (Å²) in [5.74, 6) is -1.05. The van der Waals surface area contributed by atoms with Gasteiger partial charge in [-0.25, -0.2) is 4.98 Å². The highest BCUT2D eigenvalue weighted by molar-refractivity contribution is 7.14. The van der Waals surface area contributed by atoms with Gasteiger partial charge in [0.2, 0.25) is 5.91 Å². The second kappa shape index (κ2) is 8.35. The van der Waals surface area contributed by atoms with Crippen molar-refractivity contribution in [2.45, 2.75) is 27.2 Å². The molecular formula is C13H19N3O4S. The highest BCUT2D eigenvalue weighted by Gasteiger charge is 2.21. The minimum absolute atomic E-state index is 0.104. The Hall–Kier alpha value is -1.96. The molecule has 0 saturated carbocycles. The van der Waals surface area contributed by atoms with Gasteiger partial charge in [-0.1, -0.05) is 6.92 Å². The van der Waals surface area contributed by atoms with Crippen molar-refractivity contribution >= 4 is 34.3 Å². The Kier molecular flexibility index (Phi) is 6.80. The van der Waals surface area contributed by atoms with Crippen LogP contribution in [-0.2, 0) is 14.3 Å². The Balaban J connectivity index is 2.77. The molecule has 8 heteroatoms. The minimum Gasteiger partial charge on any atom is -0.465 e. The summed E-state index contributed by atoms with van der Waals surface area (Å²) < 4.78 is 4.85. The van der Waals surface area contributed by atoms with E-state index in [0.717, 1.165) is 11.3 Å². The van der Waals surface area contributed by atoms with Gasteiger partial charge < -0.3 is 15.0 Å². The molecule has 0 bridgehead atoms. The van der Waals surface area contributed by atoms with Crippen LogP contribution in [0.2, 0.25) is 0 Å². The zero-order chi connectivity index (χ0) is 15.8. The van der Waals surface area contributed by atoms with Gasteiger partial charge in [0, 0.05) is 18.8 Å². The van der Waals surface area contributed by atoms with Crippen LogP contribution in [-0.4, -0.2) is 47.4 Å². The Bertz CT molecular complexity index is 515. The molecule has 0 aliphatic heterocycles. The molecule has 1 N–H and O–H groups in total. The molecule has 0 spiro atoms. The molecule has 1 heterocycles. The molecule has 0 fully saturated rings. The number of amides is 2. The third kappa shape index (κ3) is 5.50. The molecule has 1 aromatic rings. The van der Waals surface area contributed by atoms with E-state index in [4.69, 9.17) is 4.74 Å². The van der Waals surface area contributed by atoms with Crippen molar-refractivity contribution < 1.29 is 19.1 Å². The van der Waals surface area contributed by atoms with Gasteiger partial charge in [-0.3, -0.25) is 14.4 Å². The number of anilines is 1. The Labute approximate surface area is 127 Å². The molecular weight excluding hydrogens is 294 g/mol. The molecule has 0 unspecified atom stereocenters. The number of rotatable bonds is 7. The lowest BCUT2D eigenvalue weighted by atomic mass is 10.3. The van der Waals surface area contributed by atoms with Gasteiger partial charge in [-0.2, -0.15) is 0 Å². The van der Waals surface area contributed by atoms with Crippen LogP contribution in [0, 0.1) is 0 Å². The van der Waals surface area contributed by atoms with E-state index >= 15 is 0 Å². The predicted octanol–water partition coefficient (Wildman–Crippen LogP) is 1.52. The van der Waals surface area contributed by atoms with Crippen molar-refractivity contribution in [2.24, 2.45) is 0 Å². The molecule has 21 heavy (non-hydrogen) atoms. The van der Waals surface area contributed by atoms with Gasteiger partial charge >= 0.3 is 5.97 Å². The summed E-state index contributed by atoms with van der Waals surface area (Å²) >= 11 is 1.16. The molecule has 7 nitrogen and oxygen atoms in total. The normalized spacial score (nSPS) is 10.0. The number of hydrogen-bond donors (Lipinski definition) is 1. The minimum atomic E-state index is -0.448. The lowest BCUT2D eigenvalue weighted by Crippen LogP contribution is -2.37. The Morgan fingerprint density at radius 1 is 1.38 bits per heavy atom. The average molecular weight is 313 g/mol. The number of carbonyl (C=O) groups excluding carboxylic acids is 3. The van der Waals surface area contributed by atoms with E-state index < -0.39 is 5.97 Å². The molecule has 116 valence electrons. The van der Waals surface area contributed by atoms with E-state index in [2.05, 4.69) is 10.3 Å². The molecule has 0 aliphatic carbocycles. The first-order valence-electron chi connectivity index (χ1n) is 6.65. The van der Waals surface area contributed by atoms with Gasteiger partial charge in [0.15, 0.2) is 5.13 Å². The monoisotopic (exact) mass is 313 g/mol. The second-order valence-electron chi connectivity index (χ2n) is 4.25. The highest BCUT2D eigenvalue weighted by atomic mass is 32.1. The summed E-state index contributed by atoms with van der Waals surface area (Å²) in [6.45, 7) is 5.60. The molecule has 1 rings (SSSR count). The maximum Gasteiger partial charge on any atom is 0.325 e. The number of nitrogens with zero attached hydrogens (tertiary/aromatic N) is 2. The average Bonchev–Trinajstić information content (AvgIpc) is 2.85. The predicted molar refractivity (Wildman–Crippen MR) is 79.2 cm³/mol. The summed E-state index contributed by atoms with van der Waals surface area (Å²) in [5, 5.41) is 4.43. The smallest absolute Gasteiger partial charge is 0.325 e. The quantitative estimate of drug-likeness (QED) is 0.771. The zero-order valence-electron chi connectivity index (χ0n) is 12.3. The van der Waals surface area contributed by atoms with Crippen LogP contribution in [0.5, 0.6) is 0 Å². The molecule has 0 aromatic carbocycles. The standard InChI is InChI=1S/C13H19N3O4S/c1-4-6-16(7-11(18)20-5-2)12(19)10-8-21-13(15-10)14-9(3)17/h8H,4-7H2,1-3H3,(H,14,15,17). The van der Waals surface area contributed by atoms with Crippen molar-refractivity contribution in [2.75, 3.05) is 25.0 Å². The van der Waals surface area contributed by atoms with Crippen molar-refractivity contribution in [1.29, 1.82) is 0 Å². The van der Waals surface area contributed by atoms with E-state index in [9.17, 15) is 14.4 Å². The number of hydrogen-bond acceptors (Lipinski definition) is 6. The van der Waals surface area contributed by atoms with Crippen LogP contribution in [0.3, 0.4) is 0 Å². The SMILES string of the molecule is CCCN(CC(=O)OCC)C(=O)c1csc(NC(C)=O)n1.